The Labute approximate surface area is 283 Å². The molecule has 0 radical (unpaired) electrons. The molecule has 3 aromatic carbocycles. The smallest absolute Gasteiger partial charge is 0.407 e. The number of halogens is 1. The zero-order valence-electron chi connectivity index (χ0n) is 27.6. The lowest BCUT2D eigenvalue weighted by atomic mass is 9.80. The lowest BCUT2D eigenvalue weighted by Gasteiger charge is -2.38. The molecule has 5 rings (SSSR count). The molecule has 0 spiro atoms. The van der Waals surface area contributed by atoms with Crippen molar-refractivity contribution in [2.75, 3.05) is 11.9 Å². The van der Waals surface area contributed by atoms with Crippen molar-refractivity contribution in [2.24, 2.45) is 11.8 Å². The van der Waals surface area contributed by atoms with Crippen LogP contribution < -0.4 is 10.6 Å². The molecule has 254 valence electrons. The van der Waals surface area contributed by atoms with E-state index in [0.717, 1.165) is 5.56 Å². The fraction of sp³-hybridized carbons (Fsp3) is 0.361. The number of carbonyl (C=O) groups is 3. The van der Waals surface area contributed by atoms with Gasteiger partial charge in [0.2, 0.25) is 17.6 Å². The maximum absolute atomic E-state index is 14.2. The summed E-state index contributed by atoms with van der Waals surface area (Å²) in [6.45, 7) is 6.01. The summed E-state index contributed by atoms with van der Waals surface area (Å²) < 4.78 is 14.2. The average molecular weight is 667 g/mol. The summed E-state index contributed by atoms with van der Waals surface area (Å²) in [5.41, 5.74) is 2.52. The van der Waals surface area contributed by atoms with Crippen molar-refractivity contribution >= 4 is 23.6 Å². The van der Waals surface area contributed by atoms with Gasteiger partial charge in [-0.15, -0.1) is 10.2 Å². The van der Waals surface area contributed by atoms with Crippen molar-refractivity contribution in [2.45, 2.75) is 64.5 Å². The van der Waals surface area contributed by atoms with Gasteiger partial charge in [0.1, 0.15) is 17.9 Å². The Morgan fingerprint density at radius 1 is 1.02 bits per heavy atom. The second-order valence-corrected chi connectivity index (χ2v) is 13.3. The Morgan fingerprint density at radius 3 is 2.29 bits per heavy atom. The van der Waals surface area contributed by atoms with E-state index < -0.39 is 29.4 Å². The topological polar surface area (TPSA) is 177 Å². The van der Waals surface area contributed by atoms with Crippen LogP contribution in [0.5, 0.6) is 0 Å². The lowest BCUT2D eigenvalue weighted by molar-refractivity contribution is -0.130. The fourth-order valence-electron chi connectivity index (χ4n) is 6.15. The highest BCUT2D eigenvalue weighted by Gasteiger charge is 2.33. The molecule has 49 heavy (non-hydrogen) atoms. The fourth-order valence-corrected chi connectivity index (χ4v) is 6.15. The normalized spacial score (nSPS) is 16.6. The van der Waals surface area contributed by atoms with Crippen LogP contribution >= 0.6 is 0 Å². The summed E-state index contributed by atoms with van der Waals surface area (Å²) in [7, 11) is 0. The van der Waals surface area contributed by atoms with E-state index >= 15 is 0 Å². The number of tetrazole rings is 1. The third kappa shape index (κ3) is 8.64. The maximum atomic E-state index is 14.2. The number of hydrogen-bond acceptors (Lipinski definition) is 7. The summed E-state index contributed by atoms with van der Waals surface area (Å²) >= 11 is 0. The van der Waals surface area contributed by atoms with Crippen molar-refractivity contribution in [3.8, 4) is 28.6 Å². The van der Waals surface area contributed by atoms with Crippen LogP contribution in [0.25, 0.3) is 22.5 Å². The number of hydrogen-bond donors (Lipinski definition) is 4. The molecule has 0 saturated heterocycles. The van der Waals surface area contributed by atoms with Crippen molar-refractivity contribution in [1.82, 2.24) is 30.8 Å². The highest BCUT2D eigenvalue weighted by atomic mass is 19.1. The first-order chi connectivity index (χ1) is 23.4. The monoisotopic (exact) mass is 666 g/mol. The van der Waals surface area contributed by atoms with Crippen LogP contribution in [0.15, 0.2) is 66.7 Å². The van der Waals surface area contributed by atoms with Crippen LogP contribution in [-0.4, -0.2) is 66.7 Å². The lowest BCUT2D eigenvalue weighted by Crippen LogP contribution is -2.49. The van der Waals surface area contributed by atoms with Gasteiger partial charge in [0.15, 0.2) is 0 Å². The molecule has 1 aliphatic rings. The van der Waals surface area contributed by atoms with E-state index in [1.54, 1.807) is 60.7 Å². The van der Waals surface area contributed by atoms with Gasteiger partial charge in [0, 0.05) is 41.2 Å². The summed E-state index contributed by atoms with van der Waals surface area (Å²) in [6.07, 6.45) is 1.80. The molecule has 4 N–H and O–H groups in total. The van der Waals surface area contributed by atoms with Gasteiger partial charge in [-0.2, -0.15) is 10.5 Å². The van der Waals surface area contributed by atoms with Gasteiger partial charge in [-0.3, -0.25) is 9.59 Å². The number of aromatic nitrogens is 4. The SMILES string of the molecule is CC(C)(C)N(C[C@H]1CC[C@H](C(=O)N[C@@H](Cc2ccc(-c3cccc(F)c3C#N)cc2)C(=O)Nc2ccc(-c3nn[nH]n3)cc2)CC1)C(=O)O. The number of amides is 3. The van der Waals surface area contributed by atoms with Crippen LogP contribution in [0, 0.1) is 29.0 Å². The van der Waals surface area contributed by atoms with Crippen LogP contribution in [0.4, 0.5) is 14.9 Å². The first-order valence-electron chi connectivity index (χ1n) is 16.2. The minimum Gasteiger partial charge on any atom is -0.465 e. The van der Waals surface area contributed by atoms with Gasteiger partial charge in [0.25, 0.3) is 0 Å². The number of carbonyl (C=O) groups excluding carboxylic acids is 2. The second kappa shape index (κ2) is 15.1. The number of nitrogens with one attached hydrogen (secondary N) is 3. The number of carboxylic acid groups (broad SMARTS) is 1. The van der Waals surface area contributed by atoms with Crippen LogP contribution in [0.3, 0.4) is 0 Å². The molecule has 1 aliphatic carbocycles. The molecule has 1 saturated carbocycles. The van der Waals surface area contributed by atoms with Gasteiger partial charge >= 0.3 is 6.09 Å². The maximum Gasteiger partial charge on any atom is 0.407 e. The Hall–Kier alpha value is -5.64. The van der Waals surface area contributed by atoms with Gasteiger partial charge in [-0.05, 0) is 99.0 Å². The minimum atomic E-state index is -0.958. The van der Waals surface area contributed by atoms with E-state index in [2.05, 4.69) is 31.3 Å². The zero-order chi connectivity index (χ0) is 35.1. The predicted octanol–water partition coefficient (Wildman–Crippen LogP) is 5.80. The molecule has 0 unspecified atom stereocenters. The molecule has 1 fully saturated rings. The van der Waals surface area contributed by atoms with E-state index in [1.165, 1.54) is 11.0 Å². The van der Waals surface area contributed by atoms with E-state index in [0.29, 0.717) is 60.4 Å². The van der Waals surface area contributed by atoms with Crippen molar-refractivity contribution < 1.29 is 23.9 Å². The van der Waals surface area contributed by atoms with Crippen molar-refractivity contribution in [1.29, 1.82) is 5.26 Å². The molecule has 0 aliphatic heterocycles. The minimum absolute atomic E-state index is 0.0473. The Balaban J connectivity index is 1.29. The molecule has 1 heterocycles. The van der Waals surface area contributed by atoms with Crippen LogP contribution in [-0.2, 0) is 16.0 Å². The predicted molar refractivity (Wildman–Crippen MR) is 180 cm³/mol. The third-order valence-electron chi connectivity index (χ3n) is 8.92. The summed E-state index contributed by atoms with van der Waals surface area (Å²) in [6, 6.07) is 19.5. The molecule has 3 amide bonds. The van der Waals surface area contributed by atoms with Crippen LogP contribution in [0.1, 0.15) is 57.6 Å². The molecule has 1 atom stereocenters. The number of nitriles is 1. The van der Waals surface area contributed by atoms with Crippen molar-refractivity contribution in [3.05, 3.63) is 83.7 Å². The van der Waals surface area contributed by atoms with Gasteiger partial charge < -0.3 is 20.6 Å². The average Bonchev–Trinajstić information content (AvgIpc) is 3.62. The number of anilines is 1. The van der Waals surface area contributed by atoms with Gasteiger partial charge in [-0.25, -0.2) is 9.18 Å². The Kier molecular flexibility index (Phi) is 10.7. The molecule has 0 bridgehead atoms. The molecule has 13 heteroatoms. The zero-order valence-corrected chi connectivity index (χ0v) is 27.6. The van der Waals surface area contributed by atoms with Gasteiger partial charge in [-0.1, -0.05) is 36.4 Å². The first-order valence-corrected chi connectivity index (χ1v) is 16.2. The van der Waals surface area contributed by atoms with E-state index in [9.17, 15) is 29.1 Å². The number of rotatable bonds is 10. The number of nitrogens with zero attached hydrogens (tertiary/aromatic N) is 5. The second-order valence-electron chi connectivity index (χ2n) is 13.3. The van der Waals surface area contributed by atoms with E-state index in [-0.39, 0.29) is 29.7 Å². The first kappa shape index (κ1) is 34.7. The summed E-state index contributed by atoms with van der Waals surface area (Å²) in [4.78, 5) is 40.6. The molecular formula is C36H39FN8O4. The number of H-pyrrole nitrogens is 1. The highest BCUT2D eigenvalue weighted by molar-refractivity contribution is 5.97. The van der Waals surface area contributed by atoms with Gasteiger partial charge in [0.05, 0.1) is 5.56 Å². The Bertz CT molecular complexity index is 1810. The number of benzene rings is 3. The summed E-state index contributed by atoms with van der Waals surface area (Å²) in [5, 5.41) is 38.9. The summed E-state index contributed by atoms with van der Waals surface area (Å²) in [5.74, 6) is -0.989. The van der Waals surface area contributed by atoms with E-state index in [4.69, 9.17) is 0 Å². The molecule has 1 aromatic heterocycles. The molecule has 12 nitrogen and oxygen atoms in total. The third-order valence-corrected chi connectivity index (χ3v) is 8.92. The molecule has 4 aromatic rings. The van der Waals surface area contributed by atoms with E-state index in [1.807, 2.05) is 26.8 Å². The van der Waals surface area contributed by atoms with Crippen LogP contribution in [0.2, 0.25) is 0 Å². The largest absolute Gasteiger partial charge is 0.465 e. The molecular weight excluding hydrogens is 627 g/mol. The standard InChI is InChI=1S/C36H39FN8O4/c1-36(2,3)45(35(48)49)21-23-9-13-26(14-10-23)33(46)40-31(34(47)39-27-17-15-25(16-18-27)32-41-43-44-42-32)19-22-7-11-24(12-8-22)28-5-4-6-30(37)29(28)20-38/h4-8,11-12,15-18,23,26,31H,9-10,13-14,19,21H2,1-3H3,(H,39,47)(H,40,46)(H,48,49)(H,41,42,43,44)/t23-,26-,31-/m0/s1. The Morgan fingerprint density at radius 2 is 1.69 bits per heavy atom. The van der Waals surface area contributed by atoms with Crippen molar-refractivity contribution in [3.63, 3.8) is 0 Å². The number of aromatic amines is 1. The quantitative estimate of drug-likeness (QED) is 0.164. The highest BCUT2D eigenvalue weighted by Crippen LogP contribution is 2.32.